The van der Waals surface area contributed by atoms with Crippen LogP contribution in [-0.2, 0) is 16.4 Å². The van der Waals surface area contributed by atoms with Crippen LogP contribution in [0.4, 0.5) is 5.88 Å². The van der Waals surface area contributed by atoms with Crippen LogP contribution in [-0.4, -0.2) is 13.4 Å². The Morgan fingerprint density at radius 3 is 2.30 bits per heavy atom. The lowest BCUT2D eigenvalue weighted by Gasteiger charge is -2.06. The van der Waals surface area contributed by atoms with Crippen LogP contribution in [0.3, 0.4) is 0 Å². The van der Waals surface area contributed by atoms with Crippen molar-refractivity contribution < 1.29 is 12.8 Å². The summed E-state index contributed by atoms with van der Waals surface area (Å²) in [5, 5.41) is 4.87. The molecule has 2 heterocycles. The van der Waals surface area contributed by atoms with Crippen molar-refractivity contribution in [1.82, 2.24) is 4.98 Å². The molecule has 0 saturated carbocycles. The molecule has 2 aromatic heterocycles. The SMILES string of the molecule is O=S(=O)(c1ccccc1)c1nc(-c2cccs2)oc1NCc1ccccc1. The van der Waals surface area contributed by atoms with Crippen LogP contribution in [0.25, 0.3) is 10.8 Å². The molecule has 1 N–H and O–H groups in total. The molecule has 0 aliphatic rings. The predicted molar refractivity (Wildman–Crippen MR) is 105 cm³/mol. The molecule has 0 unspecified atom stereocenters. The number of oxazole rings is 1. The summed E-state index contributed by atoms with van der Waals surface area (Å²) >= 11 is 1.44. The third kappa shape index (κ3) is 3.65. The number of thiophene rings is 1. The molecular weight excluding hydrogens is 380 g/mol. The van der Waals surface area contributed by atoms with Crippen LogP contribution < -0.4 is 5.32 Å². The average Bonchev–Trinajstić information content (AvgIpc) is 3.38. The van der Waals surface area contributed by atoms with Crippen molar-refractivity contribution in [1.29, 1.82) is 0 Å². The van der Waals surface area contributed by atoms with Gasteiger partial charge in [-0.2, -0.15) is 4.98 Å². The third-order valence-corrected chi connectivity index (χ3v) is 6.47. The lowest BCUT2D eigenvalue weighted by atomic mass is 10.2. The van der Waals surface area contributed by atoms with Gasteiger partial charge in [-0.05, 0) is 29.1 Å². The number of aromatic nitrogens is 1. The van der Waals surface area contributed by atoms with Crippen LogP contribution in [0.15, 0.2) is 92.5 Å². The molecule has 4 rings (SSSR count). The standard InChI is InChI=1S/C20H16N2O3S2/c23-27(24,16-10-5-2-6-11-16)20-19(21-14-15-8-3-1-4-9-15)25-18(22-20)17-12-7-13-26-17/h1-13,21H,14H2. The Bertz CT molecular complexity index is 1120. The first kappa shape index (κ1) is 17.5. The fourth-order valence-electron chi connectivity index (χ4n) is 2.60. The van der Waals surface area contributed by atoms with Crippen LogP contribution >= 0.6 is 11.3 Å². The Morgan fingerprint density at radius 1 is 0.926 bits per heavy atom. The van der Waals surface area contributed by atoms with E-state index in [2.05, 4.69) is 10.3 Å². The lowest BCUT2D eigenvalue weighted by Crippen LogP contribution is -2.07. The number of hydrogen-bond acceptors (Lipinski definition) is 6. The molecule has 0 radical (unpaired) electrons. The molecule has 0 aliphatic heterocycles. The second kappa shape index (κ2) is 7.38. The van der Waals surface area contributed by atoms with Crippen molar-refractivity contribution in [2.75, 3.05) is 5.32 Å². The average molecular weight is 396 g/mol. The summed E-state index contributed by atoms with van der Waals surface area (Å²) in [6, 6.07) is 21.6. The van der Waals surface area contributed by atoms with E-state index in [0.717, 1.165) is 10.4 Å². The van der Waals surface area contributed by atoms with Gasteiger partial charge in [0.25, 0.3) is 0 Å². The molecule has 2 aromatic carbocycles. The van der Waals surface area contributed by atoms with Crippen molar-refractivity contribution in [3.05, 3.63) is 83.7 Å². The highest BCUT2D eigenvalue weighted by atomic mass is 32.2. The van der Waals surface area contributed by atoms with E-state index in [1.54, 1.807) is 30.3 Å². The van der Waals surface area contributed by atoms with Gasteiger partial charge >= 0.3 is 0 Å². The molecule has 0 bridgehead atoms. The predicted octanol–water partition coefficient (Wildman–Crippen LogP) is 4.85. The minimum atomic E-state index is -3.81. The quantitative estimate of drug-likeness (QED) is 0.504. The van der Waals surface area contributed by atoms with E-state index in [0.29, 0.717) is 6.54 Å². The molecule has 0 atom stereocenters. The fourth-order valence-corrected chi connectivity index (χ4v) is 4.54. The third-order valence-electron chi connectivity index (χ3n) is 3.93. The highest BCUT2D eigenvalue weighted by Crippen LogP contribution is 2.34. The Kier molecular flexibility index (Phi) is 4.79. The number of benzene rings is 2. The van der Waals surface area contributed by atoms with E-state index in [9.17, 15) is 8.42 Å². The summed E-state index contributed by atoms with van der Waals surface area (Å²) in [5.74, 6) is 0.432. The molecule has 0 amide bonds. The lowest BCUT2D eigenvalue weighted by molar-refractivity contribution is 0.577. The zero-order chi connectivity index (χ0) is 18.7. The number of sulfone groups is 1. The van der Waals surface area contributed by atoms with Gasteiger partial charge in [0.1, 0.15) is 0 Å². The second-order valence-corrected chi connectivity index (χ2v) is 8.60. The Hall–Kier alpha value is -2.90. The topological polar surface area (TPSA) is 72.2 Å². The maximum Gasteiger partial charge on any atom is 0.240 e. The number of hydrogen-bond donors (Lipinski definition) is 1. The molecule has 136 valence electrons. The van der Waals surface area contributed by atoms with Gasteiger partial charge in [-0.25, -0.2) is 8.42 Å². The van der Waals surface area contributed by atoms with Gasteiger partial charge < -0.3 is 9.73 Å². The van der Waals surface area contributed by atoms with E-state index in [1.807, 2.05) is 47.8 Å². The molecule has 0 saturated heterocycles. The minimum absolute atomic E-state index is 0.104. The van der Waals surface area contributed by atoms with E-state index >= 15 is 0 Å². The first-order chi connectivity index (χ1) is 13.1. The molecular formula is C20H16N2O3S2. The number of anilines is 1. The highest BCUT2D eigenvalue weighted by molar-refractivity contribution is 7.91. The molecule has 0 aliphatic carbocycles. The fraction of sp³-hybridized carbons (Fsp3) is 0.0500. The summed E-state index contributed by atoms with van der Waals surface area (Å²) in [4.78, 5) is 5.26. The van der Waals surface area contributed by atoms with Gasteiger partial charge in [-0.15, -0.1) is 11.3 Å². The maximum atomic E-state index is 13.1. The van der Waals surface area contributed by atoms with Gasteiger partial charge in [0.15, 0.2) is 0 Å². The summed E-state index contributed by atoms with van der Waals surface area (Å²) in [5.41, 5.74) is 1.01. The van der Waals surface area contributed by atoms with E-state index in [1.165, 1.54) is 11.3 Å². The zero-order valence-corrected chi connectivity index (χ0v) is 15.8. The number of nitrogens with one attached hydrogen (secondary N) is 1. The summed E-state index contributed by atoms with van der Waals surface area (Å²) in [6.07, 6.45) is 0. The van der Waals surface area contributed by atoms with E-state index in [4.69, 9.17) is 4.42 Å². The van der Waals surface area contributed by atoms with Crippen molar-refractivity contribution in [3.63, 3.8) is 0 Å². The maximum absolute atomic E-state index is 13.1. The Morgan fingerprint density at radius 2 is 1.63 bits per heavy atom. The van der Waals surface area contributed by atoms with Crippen LogP contribution in [0.2, 0.25) is 0 Å². The van der Waals surface area contributed by atoms with Crippen LogP contribution in [0, 0.1) is 0 Å². The number of rotatable bonds is 6. The van der Waals surface area contributed by atoms with Gasteiger partial charge in [0.2, 0.25) is 26.6 Å². The largest absolute Gasteiger partial charge is 0.418 e. The van der Waals surface area contributed by atoms with Gasteiger partial charge in [-0.1, -0.05) is 54.6 Å². The second-order valence-electron chi connectivity index (χ2n) is 5.79. The Balaban J connectivity index is 1.75. The van der Waals surface area contributed by atoms with Crippen molar-refractivity contribution in [2.24, 2.45) is 0 Å². The van der Waals surface area contributed by atoms with Crippen molar-refractivity contribution in [3.8, 4) is 10.8 Å². The summed E-state index contributed by atoms with van der Waals surface area (Å²) in [7, 11) is -3.81. The molecule has 27 heavy (non-hydrogen) atoms. The van der Waals surface area contributed by atoms with Crippen molar-refractivity contribution >= 4 is 27.1 Å². The van der Waals surface area contributed by atoms with E-state index in [-0.39, 0.29) is 21.7 Å². The first-order valence-electron chi connectivity index (χ1n) is 8.27. The van der Waals surface area contributed by atoms with Gasteiger partial charge in [-0.3, -0.25) is 0 Å². The monoisotopic (exact) mass is 396 g/mol. The molecule has 4 aromatic rings. The summed E-state index contributed by atoms with van der Waals surface area (Å²) in [6.45, 7) is 0.428. The van der Waals surface area contributed by atoms with Gasteiger partial charge in [0, 0.05) is 6.54 Å². The van der Waals surface area contributed by atoms with Gasteiger partial charge in [0.05, 0.1) is 9.77 Å². The Labute approximate surface area is 161 Å². The van der Waals surface area contributed by atoms with E-state index < -0.39 is 9.84 Å². The minimum Gasteiger partial charge on any atom is -0.418 e. The smallest absolute Gasteiger partial charge is 0.240 e. The molecule has 5 nitrogen and oxygen atoms in total. The molecule has 0 spiro atoms. The highest BCUT2D eigenvalue weighted by Gasteiger charge is 2.28. The number of nitrogens with zero attached hydrogens (tertiary/aromatic N) is 1. The summed E-state index contributed by atoms with van der Waals surface area (Å²) < 4.78 is 32.0. The normalized spacial score (nSPS) is 11.4. The molecule has 0 fully saturated rings. The first-order valence-corrected chi connectivity index (χ1v) is 10.6. The zero-order valence-electron chi connectivity index (χ0n) is 14.2. The molecule has 7 heteroatoms. The van der Waals surface area contributed by atoms with Crippen LogP contribution in [0.5, 0.6) is 0 Å². The van der Waals surface area contributed by atoms with Crippen LogP contribution in [0.1, 0.15) is 5.56 Å². The van der Waals surface area contributed by atoms with Crippen molar-refractivity contribution in [2.45, 2.75) is 16.5 Å².